The second-order valence-electron chi connectivity index (χ2n) is 3.82. The first-order valence-electron chi connectivity index (χ1n) is 5.42. The van der Waals surface area contributed by atoms with Crippen LogP contribution in [-0.2, 0) is 10.0 Å². The molecule has 0 unspecified atom stereocenters. The Hall–Kier alpha value is -2.17. The Morgan fingerprint density at radius 2 is 1.95 bits per heavy atom. The summed E-state index contributed by atoms with van der Waals surface area (Å²) in [6.07, 6.45) is 2.27. The fraction of sp³-hybridized carbons (Fsp3) is 0.0833. The summed E-state index contributed by atoms with van der Waals surface area (Å²) in [7, 11) is -2.40. The first-order chi connectivity index (χ1) is 9.45. The van der Waals surface area contributed by atoms with Gasteiger partial charge in [0.2, 0.25) is 5.28 Å². The highest BCUT2D eigenvalue weighted by Gasteiger charge is 2.22. The van der Waals surface area contributed by atoms with Crippen molar-refractivity contribution in [1.29, 1.82) is 5.26 Å². The molecule has 0 saturated heterocycles. The van der Waals surface area contributed by atoms with Crippen molar-refractivity contribution >= 4 is 27.3 Å². The average Bonchev–Trinajstić information content (AvgIpc) is 2.47. The van der Waals surface area contributed by atoms with Gasteiger partial charge in [0.05, 0.1) is 29.7 Å². The number of anilines is 1. The van der Waals surface area contributed by atoms with Crippen LogP contribution in [0.15, 0.2) is 41.6 Å². The van der Waals surface area contributed by atoms with Gasteiger partial charge in [0.1, 0.15) is 4.90 Å². The molecule has 0 saturated carbocycles. The van der Waals surface area contributed by atoms with Crippen LogP contribution < -0.4 is 4.31 Å². The molecule has 0 amide bonds. The fourth-order valence-electron chi connectivity index (χ4n) is 1.50. The molecule has 0 spiro atoms. The van der Waals surface area contributed by atoms with Crippen molar-refractivity contribution in [2.45, 2.75) is 4.90 Å². The topological polar surface area (TPSA) is 87.0 Å². The summed E-state index contributed by atoms with van der Waals surface area (Å²) in [5, 5.41) is 8.81. The van der Waals surface area contributed by atoms with Crippen molar-refractivity contribution in [2.24, 2.45) is 0 Å². The molecular formula is C12H9ClN4O2S. The Bertz CT molecular complexity index is 769. The summed E-state index contributed by atoms with van der Waals surface area (Å²) < 4.78 is 25.8. The van der Waals surface area contributed by atoms with E-state index in [4.69, 9.17) is 16.9 Å². The van der Waals surface area contributed by atoms with Crippen LogP contribution in [-0.4, -0.2) is 25.4 Å². The molecule has 20 heavy (non-hydrogen) atoms. The van der Waals surface area contributed by atoms with E-state index in [-0.39, 0.29) is 10.2 Å². The molecule has 0 N–H and O–H groups in total. The number of aromatic nitrogens is 2. The van der Waals surface area contributed by atoms with E-state index in [1.165, 1.54) is 13.1 Å². The zero-order valence-electron chi connectivity index (χ0n) is 10.4. The maximum atomic E-state index is 12.4. The number of nitrogens with zero attached hydrogens (tertiary/aromatic N) is 4. The Balaban J connectivity index is 2.43. The zero-order chi connectivity index (χ0) is 14.8. The van der Waals surface area contributed by atoms with Gasteiger partial charge in [-0.3, -0.25) is 4.31 Å². The van der Waals surface area contributed by atoms with E-state index >= 15 is 0 Å². The maximum absolute atomic E-state index is 12.4. The van der Waals surface area contributed by atoms with E-state index in [0.29, 0.717) is 11.3 Å². The quantitative estimate of drug-likeness (QED) is 0.807. The number of benzene rings is 1. The number of sulfonamides is 1. The first kappa shape index (κ1) is 14.2. The predicted octanol–water partition coefficient (Wildman–Crippen LogP) is 1.83. The summed E-state index contributed by atoms with van der Waals surface area (Å²) in [6.45, 7) is 0. The van der Waals surface area contributed by atoms with E-state index in [9.17, 15) is 8.42 Å². The fourth-order valence-corrected chi connectivity index (χ4v) is 2.68. The van der Waals surface area contributed by atoms with Crippen LogP contribution >= 0.6 is 11.6 Å². The molecule has 0 aliphatic heterocycles. The van der Waals surface area contributed by atoms with E-state index in [1.54, 1.807) is 18.2 Å². The SMILES string of the molecule is CN(c1cccc(C#N)c1)S(=O)(=O)c1cnc(Cl)nc1. The third kappa shape index (κ3) is 2.71. The molecule has 0 radical (unpaired) electrons. The molecule has 102 valence electrons. The highest BCUT2D eigenvalue weighted by atomic mass is 35.5. The van der Waals surface area contributed by atoms with E-state index < -0.39 is 10.0 Å². The summed E-state index contributed by atoms with van der Waals surface area (Å²) in [4.78, 5) is 7.23. The van der Waals surface area contributed by atoms with Crippen molar-refractivity contribution in [2.75, 3.05) is 11.4 Å². The lowest BCUT2D eigenvalue weighted by atomic mass is 10.2. The molecule has 2 rings (SSSR count). The predicted molar refractivity (Wildman–Crippen MR) is 73.8 cm³/mol. The maximum Gasteiger partial charge on any atom is 0.267 e. The van der Waals surface area contributed by atoms with Gasteiger partial charge in [-0.2, -0.15) is 5.26 Å². The second kappa shape index (κ2) is 5.45. The summed E-state index contributed by atoms with van der Waals surface area (Å²) in [5.74, 6) is 0. The molecular weight excluding hydrogens is 300 g/mol. The molecule has 0 aliphatic rings. The third-order valence-electron chi connectivity index (χ3n) is 2.59. The van der Waals surface area contributed by atoms with Crippen molar-refractivity contribution in [1.82, 2.24) is 9.97 Å². The van der Waals surface area contributed by atoms with Crippen LogP contribution in [0.2, 0.25) is 5.28 Å². The summed E-state index contributed by atoms with van der Waals surface area (Å²) >= 11 is 5.53. The zero-order valence-corrected chi connectivity index (χ0v) is 11.9. The molecule has 6 nitrogen and oxygen atoms in total. The van der Waals surface area contributed by atoms with E-state index in [2.05, 4.69) is 9.97 Å². The van der Waals surface area contributed by atoms with Gasteiger partial charge >= 0.3 is 0 Å². The molecule has 8 heteroatoms. The monoisotopic (exact) mass is 308 g/mol. The highest BCUT2D eigenvalue weighted by Crippen LogP contribution is 2.22. The van der Waals surface area contributed by atoms with Gasteiger partial charge in [-0.1, -0.05) is 6.07 Å². The molecule has 0 fully saturated rings. The van der Waals surface area contributed by atoms with E-state index in [0.717, 1.165) is 16.7 Å². The largest absolute Gasteiger partial charge is 0.269 e. The van der Waals surface area contributed by atoms with Crippen LogP contribution in [0.25, 0.3) is 0 Å². The Kier molecular flexibility index (Phi) is 3.88. The minimum atomic E-state index is -3.79. The molecule has 0 bridgehead atoms. The Labute approximate surface area is 121 Å². The summed E-state index contributed by atoms with van der Waals surface area (Å²) in [5.41, 5.74) is 0.746. The second-order valence-corrected chi connectivity index (χ2v) is 6.13. The molecule has 2 aromatic rings. The first-order valence-corrected chi connectivity index (χ1v) is 7.23. The molecule has 0 aliphatic carbocycles. The molecule has 1 aromatic carbocycles. The molecule has 0 atom stereocenters. The van der Waals surface area contributed by atoms with Crippen LogP contribution in [0.3, 0.4) is 0 Å². The lowest BCUT2D eigenvalue weighted by Crippen LogP contribution is -2.26. The Morgan fingerprint density at radius 3 is 2.55 bits per heavy atom. The number of rotatable bonds is 3. The lowest BCUT2D eigenvalue weighted by molar-refractivity contribution is 0.593. The van der Waals surface area contributed by atoms with Crippen LogP contribution in [0.4, 0.5) is 5.69 Å². The molecule has 1 heterocycles. The minimum absolute atomic E-state index is 0.0296. The average molecular weight is 309 g/mol. The van der Waals surface area contributed by atoms with Gasteiger partial charge in [-0.25, -0.2) is 18.4 Å². The van der Waals surface area contributed by atoms with Crippen molar-refractivity contribution in [3.63, 3.8) is 0 Å². The Morgan fingerprint density at radius 1 is 1.30 bits per heavy atom. The number of nitriles is 1. The van der Waals surface area contributed by atoms with Crippen molar-refractivity contribution in [3.05, 3.63) is 47.5 Å². The van der Waals surface area contributed by atoms with Gasteiger partial charge in [-0.15, -0.1) is 0 Å². The van der Waals surface area contributed by atoms with Gasteiger partial charge < -0.3 is 0 Å². The van der Waals surface area contributed by atoms with Crippen LogP contribution in [0, 0.1) is 11.3 Å². The van der Waals surface area contributed by atoms with Gasteiger partial charge in [-0.05, 0) is 29.8 Å². The normalized spacial score (nSPS) is 10.8. The minimum Gasteiger partial charge on any atom is -0.269 e. The molecule has 1 aromatic heterocycles. The highest BCUT2D eigenvalue weighted by molar-refractivity contribution is 7.92. The summed E-state index contributed by atoms with van der Waals surface area (Å²) in [6, 6.07) is 8.23. The number of halogens is 1. The standard InChI is InChI=1S/C12H9ClN4O2S/c1-17(10-4-2-3-9(5-10)6-14)20(18,19)11-7-15-12(13)16-8-11/h2-5,7-8H,1H3. The third-order valence-corrected chi connectivity index (χ3v) is 4.53. The van der Waals surface area contributed by atoms with E-state index in [1.807, 2.05) is 6.07 Å². The van der Waals surface area contributed by atoms with Gasteiger partial charge in [0.25, 0.3) is 10.0 Å². The smallest absolute Gasteiger partial charge is 0.267 e. The van der Waals surface area contributed by atoms with Crippen LogP contribution in [0.5, 0.6) is 0 Å². The van der Waals surface area contributed by atoms with Crippen molar-refractivity contribution in [3.8, 4) is 6.07 Å². The number of hydrogen-bond donors (Lipinski definition) is 0. The van der Waals surface area contributed by atoms with Gasteiger partial charge in [0, 0.05) is 7.05 Å². The van der Waals surface area contributed by atoms with Crippen LogP contribution in [0.1, 0.15) is 5.56 Å². The lowest BCUT2D eigenvalue weighted by Gasteiger charge is -2.19. The van der Waals surface area contributed by atoms with Gasteiger partial charge in [0.15, 0.2) is 0 Å². The number of hydrogen-bond acceptors (Lipinski definition) is 5. The van der Waals surface area contributed by atoms with Crippen molar-refractivity contribution < 1.29 is 8.42 Å².